The molecule has 0 aliphatic carbocycles. The zero-order chi connectivity index (χ0) is 7.61. The quantitative estimate of drug-likeness (QED) is 0.673. The van der Waals surface area contributed by atoms with Crippen LogP contribution in [0.4, 0.5) is 0 Å². The van der Waals surface area contributed by atoms with Crippen molar-refractivity contribution in [1.29, 1.82) is 0 Å². The molecular weight excluding hydrogens is 171 g/mol. The summed E-state index contributed by atoms with van der Waals surface area (Å²) in [7, 11) is -3.84. The van der Waals surface area contributed by atoms with E-state index in [4.69, 9.17) is 9.79 Å². The highest BCUT2D eigenvalue weighted by Gasteiger charge is 2.13. The number of rotatable bonds is 2. The molecule has 5 heteroatoms. The van der Waals surface area contributed by atoms with Crippen molar-refractivity contribution in [2.24, 2.45) is 0 Å². The summed E-state index contributed by atoms with van der Waals surface area (Å²) in [5.41, 5.74) is 0. The van der Waals surface area contributed by atoms with Gasteiger partial charge >= 0.3 is 7.60 Å². The van der Waals surface area contributed by atoms with Crippen LogP contribution in [0.15, 0.2) is 17.5 Å². The first-order valence-corrected chi connectivity index (χ1v) is 5.32. The van der Waals surface area contributed by atoms with E-state index >= 15 is 0 Å². The topological polar surface area (TPSA) is 57.5 Å². The van der Waals surface area contributed by atoms with Crippen molar-refractivity contribution in [3.8, 4) is 0 Å². The third kappa shape index (κ3) is 2.62. The van der Waals surface area contributed by atoms with E-state index in [0.717, 1.165) is 4.88 Å². The fourth-order valence-corrected chi connectivity index (χ4v) is 2.41. The Kier molecular flexibility index (Phi) is 2.26. The van der Waals surface area contributed by atoms with Crippen LogP contribution in [-0.2, 0) is 10.7 Å². The third-order valence-electron chi connectivity index (χ3n) is 0.942. The number of hydrogen-bond acceptors (Lipinski definition) is 2. The molecule has 0 unspecified atom stereocenters. The molecular formula is C5H7O3PS. The Bertz CT molecular complexity index is 237. The fourth-order valence-electron chi connectivity index (χ4n) is 0.606. The molecule has 0 spiro atoms. The molecule has 0 atom stereocenters. The summed E-state index contributed by atoms with van der Waals surface area (Å²) >= 11 is 1.36. The van der Waals surface area contributed by atoms with Gasteiger partial charge < -0.3 is 9.79 Å². The van der Waals surface area contributed by atoms with Crippen LogP contribution in [0.5, 0.6) is 0 Å². The molecule has 56 valence electrons. The summed E-state index contributed by atoms with van der Waals surface area (Å²) in [6.07, 6.45) is -0.134. The Morgan fingerprint density at radius 3 is 2.70 bits per heavy atom. The van der Waals surface area contributed by atoms with E-state index in [9.17, 15) is 4.57 Å². The zero-order valence-electron chi connectivity index (χ0n) is 5.10. The van der Waals surface area contributed by atoms with Crippen LogP contribution in [0, 0.1) is 0 Å². The van der Waals surface area contributed by atoms with Crippen LogP contribution in [-0.4, -0.2) is 9.79 Å². The van der Waals surface area contributed by atoms with Crippen LogP contribution >= 0.6 is 18.9 Å². The van der Waals surface area contributed by atoms with Gasteiger partial charge in [-0.15, -0.1) is 11.3 Å². The van der Waals surface area contributed by atoms with Crippen LogP contribution in [0.1, 0.15) is 4.88 Å². The lowest BCUT2D eigenvalue weighted by Gasteiger charge is -1.98. The van der Waals surface area contributed by atoms with Crippen LogP contribution in [0.25, 0.3) is 0 Å². The summed E-state index contributed by atoms with van der Waals surface area (Å²) in [5.74, 6) is 0. The van der Waals surface area contributed by atoms with Gasteiger partial charge in [-0.3, -0.25) is 4.57 Å². The molecule has 0 saturated heterocycles. The maximum absolute atomic E-state index is 10.4. The molecule has 1 aromatic heterocycles. The first kappa shape index (κ1) is 7.95. The van der Waals surface area contributed by atoms with Crippen LogP contribution in [0.2, 0.25) is 0 Å². The maximum Gasteiger partial charge on any atom is 0.330 e. The first-order chi connectivity index (χ1) is 4.58. The van der Waals surface area contributed by atoms with Gasteiger partial charge in [-0.1, -0.05) is 6.07 Å². The number of thiophene rings is 1. The summed E-state index contributed by atoms with van der Waals surface area (Å²) in [5, 5.41) is 1.80. The molecule has 0 aromatic carbocycles. The largest absolute Gasteiger partial charge is 0.330 e. The Morgan fingerprint density at radius 1 is 1.60 bits per heavy atom. The molecule has 10 heavy (non-hydrogen) atoms. The van der Waals surface area contributed by atoms with Crippen molar-refractivity contribution in [2.75, 3.05) is 0 Å². The van der Waals surface area contributed by atoms with Gasteiger partial charge in [-0.2, -0.15) is 0 Å². The first-order valence-electron chi connectivity index (χ1n) is 2.65. The minimum absolute atomic E-state index is 0.134. The predicted molar refractivity (Wildman–Crippen MR) is 40.1 cm³/mol. The fraction of sp³-hybridized carbons (Fsp3) is 0.200. The summed E-state index contributed by atoms with van der Waals surface area (Å²) in [6, 6.07) is 3.49. The Morgan fingerprint density at radius 2 is 2.30 bits per heavy atom. The third-order valence-corrected chi connectivity index (χ3v) is 2.78. The van der Waals surface area contributed by atoms with Gasteiger partial charge in [0.05, 0.1) is 6.16 Å². The van der Waals surface area contributed by atoms with Crippen molar-refractivity contribution in [2.45, 2.75) is 6.16 Å². The van der Waals surface area contributed by atoms with Crippen molar-refractivity contribution >= 4 is 18.9 Å². The van der Waals surface area contributed by atoms with Crippen LogP contribution in [0.3, 0.4) is 0 Å². The van der Waals surface area contributed by atoms with Gasteiger partial charge in [0.15, 0.2) is 0 Å². The van der Waals surface area contributed by atoms with Gasteiger partial charge in [-0.25, -0.2) is 0 Å². The van der Waals surface area contributed by atoms with Gasteiger partial charge in [-0.05, 0) is 11.4 Å². The molecule has 2 N–H and O–H groups in total. The molecule has 1 aromatic rings. The molecule has 1 heterocycles. The lowest BCUT2D eigenvalue weighted by molar-refractivity contribution is 0.372. The summed E-state index contributed by atoms with van der Waals surface area (Å²) < 4.78 is 10.4. The minimum Gasteiger partial charge on any atom is -0.324 e. The van der Waals surface area contributed by atoms with Crippen molar-refractivity contribution in [1.82, 2.24) is 0 Å². The van der Waals surface area contributed by atoms with Gasteiger partial charge in [0.2, 0.25) is 0 Å². The molecule has 3 nitrogen and oxygen atoms in total. The lowest BCUT2D eigenvalue weighted by atomic mass is 10.5. The van der Waals surface area contributed by atoms with E-state index in [1.807, 2.05) is 0 Å². The molecule has 0 amide bonds. The maximum atomic E-state index is 10.4. The van der Waals surface area contributed by atoms with E-state index in [0.29, 0.717) is 0 Å². The Labute approximate surface area is 62.5 Å². The minimum atomic E-state index is -3.84. The smallest absolute Gasteiger partial charge is 0.324 e. The SMILES string of the molecule is O=P(O)(O)Cc1cccs1. The molecule has 0 fully saturated rings. The second-order valence-electron chi connectivity index (χ2n) is 1.90. The Balaban J connectivity index is 2.66. The molecule has 0 bridgehead atoms. The van der Waals surface area contributed by atoms with Crippen molar-refractivity contribution < 1.29 is 14.4 Å². The highest BCUT2D eigenvalue weighted by atomic mass is 32.1. The molecule has 0 saturated carbocycles. The summed E-state index contributed by atoms with van der Waals surface area (Å²) in [6.45, 7) is 0. The van der Waals surface area contributed by atoms with E-state index in [1.165, 1.54) is 11.3 Å². The highest BCUT2D eigenvalue weighted by molar-refractivity contribution is 7.51. The Hall–Kier alpha value is -0.150. The highest BCUT2D eigenvalue weighted by Crippen LogP contribution is 2.40. The van der Waals surface area contributed by atoms with Crippen molar-refractivity contribution in [3.63, 3.8) is 0 Å². The average Bonchev–Trinajstić information content (AvgIpc) is 2.12. The molecule has 0 aliphatic heterocycles. The van der Waals surface area contributed by atoms with E-state index in [-0.39, 0.29) is 6.16 Å². The van der Waals surface area contributed by atoms with Gasteiger partial charge in [0.1, 0.15) is 0 Å². The lowest BCUT2D eigenvalue weighted by Crippen LogP contribution is -1.80. The van der Waals surface area contributed by atoms with Gasteiger partial charge in [0, 0.05) is 4.88 Å². The second-order valence-corrected chi connectivity index (χ2v) is 4.58. The second kappa shape index (κ2) is 2.84. The zero-order valence-corrected chi connectivity index (χ0v) is 6.81. The monoisotopic (exact) mass is 178 g/mol. The normalized spacial score (nSPS) is 11.8. The van der Waals surface area contributed by atoms with E-state index in [1.54, 1.807) is 17.5 Å². The average molecular weight is 178 g/mol. The van der Waals surface area contributed by atoms with Crippen molar-refractivity contribution in [3.05, 3.63) is 22.4 Å². The van der Waals surface area contributed by atoms with E-state index in [2.05, 4.69) is 0 Å². The van der Waals surface area contributed by atoms with Crippen LogP contribution < -0.4 is 0 Å². The van der Waals surface area contributed by atoms with E-state index < -0.39 is 7.60 Å². The molecule has 0 aliphatic rings. The molecule has 1 rings (SSSR count). The number of hydrogen-bond donors (Lipinski definition) is 2. The predicted octanol–water partition coefficient (Wildman–Crippen LogP) is 1.43. The molecule has 0 radical (unpaired) electrons. The van der Waals surface area contributed by atoms with Gasteiger partial charge in [0.25, 0.3) is 0 Å². The standard InChI is InChI=1S/C5H7O3PS/c6-9(7,8)4-5-2-1-3-10-5/h1-3H,4H2,(H2,6,7,8). The summed E-state index contributed by atoms with van der Waals surface area (Å²) in [4.78, 5) is 17.7.